The number of ketones is 1. The summed E-state index contributed by atoms with van der Waals surface area (Å²) in [5.41, 5.74) is 1.25. The lowest BCUT2D eigenvalue weighted by atomic mass is 10.0. The Morgan fingerprint density at radius 1 is 1.21 bits per heavy atom. The van der Waals surface area contributed by atoms with Gasteiger partial charge in [0, 0.05) is 30.5 Å². The van der Waals surface area contributed by atoms with Gasteiger partial charge in [-0.1, -0.05) is 29.3 Å². The fraction of sp³-hybridized carbons (Fsp3) is 0.357. The number of Topliss-reactive ketones (excluding diaryl/α,β-unsaturated/α-hetero) is 1. The smallest absolute Gasteiger partial charge is 0.167 e. The van der Waals surface area contributed by atoms with Crippen molar-refractivity contribution in [2.75, 3.05) is 20.3 Å². The molecule has 0 N–H and O–H groups in total. The molecule has 0 bridgehead atoms. The number of hydrogen-bond donors (Lipinski definition) is 0. The number of benzene rings is 1. The average molecular weight is 301 g/mol. The Balaban J connectivity index is 2.31. The summed E-state index contributed by atoms with van der Waals surface area (Å²) < 4.78 is 10.5. The van der Waals surface area contributed by atoms with E-state index in [4.69, 9.17) is 32.7 Å². The zero-order valence-electron chi connectivity index (χ0n) is 10.5. The maximum atomic E-state index is 12.0. The average Bonchev–Trinajstić information content (AvgIpc) is 2.72. The van der Waals surface area contributed by atoms with Gasteiger partial charge in [0.2, 0.25) is 0 Å². The highest BCUT2D eigenvalue weighted by molar-refractivity contribution is 6.37. The molecule has 1 aromatic rings. The minimum Gasteiger partial charge on any atom is -0.495 e. The monoisotopic (exact) mass is 300 g/mol. The maximum absolute atomic E-state index is 12.0. The molecular formula is C14H14Cl2O3. The zero-order chi connectivity index (χ0) is 13.8. The van der Waals surface area contributed by atoms with Crippen LogP contribution in [0.4, 0.5) is 0 Å². The molecular weight excluding hydrogens is 287 g/mol. The predicted molar refractivity (Wildman–Crippen MR) is 75.5 cm³/mol. The van der Waals surface area contributed by atoms with E-state index in [9.17, 15) is 4.79 Å². The first-order valence-electron chi connectivity index (χ1n) is 5.97. The molecule has 3 nitrogen and oxygen atoms in total. The summed E-state index contributed by atoms with van der Waals surface area (Å²) in [6.07, 6.45) is 1.06. The van der Waals surface area contributed by atoms with Crippen LogP contribution in [0, 0.1) is 0 Å². The molecule has 5 heteroatoms. The lowest BCUT2D eigenvalue weighted by Gasteiger charge is -2.10. The molecule has 0 fully saturated rings. The molecule has 0 unspecified atom stereocenters. The minimum atomic E-state index is 0.0524. The standard InChI is InChI=1S/C14H14Cl2O3/c1-18-6-7-19-13-5-4-12(17)14(13)10-3-2-9(15)8-11(10)16/h2-3,8H,4-7H2,1H3. The van der Waals surface area contributed by atoms with Crippen LogP contribution in [0.25, 0.3) is 5.57 Å². The van der Waals surface area contributed by atoms with Gasteiger partial charge in [0.05, 0.1) is 17.2 Å². The van der Waals surface area contributed by atoms with Gasteiger partial charge in [0.1, 0.15) is 12.4 Å². The van der Waals surface area contributed by atoms with E-state index in [1.807, 2.05) is 0 Å². The molecule has 1 aromatic carbocycles. The fourth-order valence-electron chi connectivity index (χ4n) is 2.02. The Morgan fingerprint density at radius 2 is 2.00 bits per heavy atom. The predicted octanol–water partition coefficient (Wildman–Crippen LogP) is 3.73. The van der Waals surface area contributed by atoms with Crippen LogP contribution in [0.3, 0.4) is 0 Å². The number of allylic oxidation sites excluding steroid dienone is 2. The van der Waals surface area contributed by atoms with E-state index in [-0.39, 0.29) is 5.78 Å². The van der Waals surface area contributed by atoms with Crippen LogP contribution in [-0.4, -0.2) is 26.1 Å². The Morgan fingerprint density at radius 3 is 2.68 bits per heavy atom. The molecule has 1 aliphatic rings. The Hall–Kier alpha value is -1.03. The summed E-state index contributed by atoms with van der Waals surface area (Å²) in [6.45, 7) is 0.910. The van der Waals surface area contributed by atoms with Gasteiger partial charge in [-0.05, 0) is 12.1 Å². The highest BCUT2D eigenvalue weighted by Crippen LogP contribution is 2.36. The number of carbonyl (C=O) groups excluding carboxylic acids is 1. The van der Waals surface area contributed by atoms with Gasteiger partial charge in [0.15, 0.2) is 5.78 Å². The van der Waals surface area contributed by atoms with Gasteiger partial charge >= 0.3 is 0 Å². The SMILES string of the molecule is COCCOC1=C(c2ccc(Cl)cc2Cl)C(=O)CC1. The van der Waals surface area contributed by atoms with Gasteiger partial charge in [-0.25, -0.2) is 0 Å². The minimum absolute atomic E-state index is 0.0524. The summed E-state index contributed by atoms with van der Waals surface area (Å²) in [5, 5.41) is 1.01. The van der Waals surface area contributed by atoms with Crippen LogP contribution in [-0.2, 0) is 14.3 Å². The number of ether oxygens (including phenoxy) is 2. The number of methoxy groups -OCH3 is 1. The summed E-state index contributed by atoms with van der Waals surface area (Å²) in [5.74, 6) is 0.739. The number of halogens is 2. The van der Waals surface area contributed by atoms with E-state index in [1.54, 1.807) is 25.3 Å². The second-order valence-electron chi connectivity index (χ2n) is 4.19. The molecule has 0 atom stereocenters. The first kappa shape index (κ1) is 14.4. The summed E-state index contributed by atoms with van der Waals surface area (Å²) in [6, 6.07) is 5.10. The van der Waals surface area contributed by atoms with Crippen molar-refractivity contribution in [1.82, 2.24) is 0 Å². The maximum Gasteiger partial charge on any atom is 0.167 e. The van der Waals surface area contributed by atoms with Crippen LogP contribution >= 0.6 is 23.2 Å². The van der Waals surface area contributed by atoms with Gasteiger partial charge in [-0.3, -0.25) is 4.79 Å². The second kappa shape index (κ2) is 6.42. The van der Waals surface area contributed by atoms with E-state index in [0.717, 1.165) is 0 Å². The highest BCUT2D eigenvalue weighted by Gasteiger charge is 2.27. The Kier molecular flexibility index (Phi) is 4.86. The van der Waals surface area contributed by atoms with Crippen LogP contribution < -0.4 is 0 Å². The third-order valence-corrected chi connectivity index (χ3v) is 3.45. The molecule has 0 saturated heterocycles. The first-order chi connectivity index (χ1) is 9.13. The third kappa shape index (κ3) is 3.30. The molecule has 102 valence electrons. The van der Waals surface area contributed by atoms with Crippen molar-refractivity contribution in [1.29, 1.82) is 0 Å². The number of carbonyl (C=O) groups is 1. The lowest BCUT2D eigenvalue weighted by molar-refractivity contribution is -0.113. The molecule has 0 aliphatic heterocycles. The molecule has 19 heavy (non-hydrogen) atoms. The van der Waals surface area contributed by atoms with Gasteiger partial charge in [0.25, 0.3) is 0 Å². The summed E-state index contributed by atoms with van der Waals surface area (Å²) in [4.78, 5) is 12.0. The van der Waals surface area contributed by atoms with Crippen molar-refractivity contribution in [2.24, 2.45) is 0 Å². The number of hydrogen-bond acceptors (Lipinski definition) is 3. The van der Waals surface area contributed by atoms with Crippen molar-refractivity contribution >= 4 is 34.6 Å². The molecule has 0 saturated carbocycles. The van der Waals surface area contributed by atoms with Crippen molar-refractivity contribution < 1.29 is 14.3 Å². The quantitative estimate of drug-likeness (QED) is 0.777. The molecule has 2 rings (SSSR count). The Bertz CT molecular complexity index is 523. The van der Waals surface area contributed by atoms with Crippen LogP contribution in [0.15, 0.2) is 24.0 Å². The molecule has 0 radical (unpaired) electrons. The van der Waals surface area contributed by atoms with Crippen molar-refractivity contribution in [3.05, 3.63) is 39.6 Å². The molecule has 0 aromatic heterocycles. The van der Waals surface area contributed by atoms with Crippen molar-refractivity contribution in [3.8, 4) is 0 Å². The zero-order valence-corrected chi connectivity index (χ0v) is 12.1. The topological polar surface area (TPSA) is 35.5 Å². The van der Waals surface area contributed by atoms with E-state index in [0.29, 0.717) is 53.0 Å². The van der Waals surface area contributed by atoms with Crippen molar-refractivity contribution in [3.63, 3.8) is 0 Å². The normalized spacial score (nSPS) is 15.2. The molecule has 1 aliphatic carbocycles. The lowest BCUT2D eigenvalue weighted by Crippen LogP contribution is -2.03. The Labute approximate surface area is 122 Å². The van der Waals surface area contributed by atoms with E-state index >= 15 is 0 Å². The fourth-order valence-corrected chi connectivity index (χ4v) is 2.52. The second-order valence-corrected chi connectivity index (χ2v) is 5.03. The van der Waals surface area contributed by atoms with E-state index in [1.165, 1.54) is 0 Å². The van der Waals surface area contributed by atoms with Gasteiger partial charge in [-0.15, -0.1) is 0 Å². The van der Waals surface area contributed by atoms with E-state index in [2.05, 4.69) is 0 Å². The molecule has 0 spiro atoms. The molecule has 0 amide bonds. The van der Waals surface area contributed by atoms with E-state index < -0.39 is 0 Å². The van der Waals surface area contributed by atoms with Gasteiger partial charge < -0.3 is 9.47 Å². The van der Waals surface area contributed by atoms with Crippen LogP contribution in [0.5, 0.6) is 0 Å². The van der Waals surface area contributed by atoms with Crippen LogP contribution in [0.2, 0.25) is 10.0 Å². The summed E-state index contributed by atoms with van der Waals surface area (Å²) in [7, 11) is 1.61. The largest absolute Gasteiger partial charge is 0.495 e. The third-order valence-electron chi connectivity index (χ3n) is 2.90. The summed E-state index contributed by atoms with van der Waals surface area (Å²) >= 11 is 12.0. The van der Waals surface area contributed by atoms with Crippen LogP contribution in [0.1, 0.15) is 18.4 Å². The molecule has 0 heterocycles. The number of rotatable bonds is 5. The van der Waals surface area contributed by atoms with Gasteiger partial charge in [-0.2, -0.15) is 0 Å². The highest BCUT2D eigenvalue weighted by atomic mass is 35.5. The first-order valence-corrected chi connectivity index (χ1v) is 6.72. The van der Waals surface area contributed by atoms with Crippen molar-refractivity contribution in [2.45, 2.75) is 12.8 Å².